The molecule has 0 bridgehead atoms. The summed E-state index contributed by atoms with van der Waals surface area (Å²) in [5, 5.41) is 4.96. The molecule has 0 spiro atoms. The van der Waals surface area contributed by atoms with Crippen LogP contribution in [0.15, 0.2) is 53.6 Å². The van der Waals surface area contributed by atoms with Gasteiger partial charge in [-0.3, -0.25) is 5.43 Å². The highest BCUT2D eigenvalue weighted by molar-refractivity contribution is 8.22. The highest BCUT2D eigenvalue weighted by atomic mass is 35.5. The Hall–Kier alpha value is -1.56. The SMILES string of the molecule is CSC(=S)N/N=C(\C)c1ccc(OCc2cccc(Cl)c2)cc1. The lowest BCUT2D eigenvalue weighted by Crippen LogP contribution is -2.13. The van der Waals surface area contributed by atoms with Crippen molar-refractivity contribution in [2.75, 3.05) is 6.26 Å². The van der Waals surface area contributed by atoms with Gasteiger partial charge in [0, 0.05) is 5.02 Å². The number of hydrazone groups is 1. The molecule has 23 heavy (non-hydrogen) atoms. The van der Waals surface area contributed by atoms with Crippen LogP contribution >= 0.6 is 35.6 Å². The quantitative estimate of drug-likeness (QED) is 0.465. The van der Waals surface area contributed by atoms with E-state index in [1.54, 1.807) is 0 Å². The van der Waals surface area contributed by atoms with Crippen molar-refractivity contribution in [2.45, 2.75) is 13.5 Å². The topological polar surface area (TPSA) is 33.6 Å². The summed E-state index contributed by atoms with van der Waals surface area (Å²) in [4.78, 5) is 0. The van der Waals surface area contributed by atoms with E-state index in [4.69, 9.17) is 28.6 Å². The van der Waals surface area contributed by atoms with E-state index < -0.39 is 0 Å². The van der Waals surface area contributed by atoms with Gasteiger partial charge in [0.1, 0.15) is 12.4 Å². The molecule has 2 aromatic rings. The standard InChI is InChI=1S/C17H17ClN2OS2/c1-12(19-20-17(22)23-2)14-6-8-16(9-7-14)21-11-13-4-3-5-15(18)10-13/h3-10H,11H2,1-2H3,(H,20,22)/b19-12+. The number of halogens is 1. The Morgan fingerprint density at radius 3 is 2.65 bits per heavy atom. The Kier molecular flexibility index (Phi) is 6.89. The summed E-state index contributed by atoms with van der Waals surface area (Å²) in [5.41, 5.74) is 5.75. The molecule has 0 fully saturated rings. The normalized spacial score (nSPS) is 11.2. The van der Waals surface area contributed by atoms with Gasteiger partial charge in [-0.05, 0) is 60.7 Å². The lowest BCUT2D eigenvalue weighted by molar-refractivity contribution is 0.306. The van der Waals surface area contributed by atoms with E-state index in [-0.39, 0.29) is 0 Å². The van der Waals surface area contributed by atoms with Crippen molar-refractivity contribution in [1.29, 1.82) is 0 Å². The molecule has 0 saturated carbocycles. The molecule has 0 saturated heterocycles. The van der Waals surface area contributed by atoms with Crippen LogP contribution in [0.3, 0.4) is 0 Å². The number of rotatable bonds is 5. The fourth-order valence-corrected chi connectivity index (χ4v) is 2.22. The van der Waals surface area contributed by atoms with E-state index in [0.717, 1.165) is 22.6 Å². The molecule has 0 aliphatic carbocycles. The molecule has 0 radical (unpaired) electrons. The number of benzene rings is 2. The second-order valence-corrected chi connectivity index (χ2v) is 6.66. The third-order valence-corrected chi connectivity index (χ3v) is 4.36. The number of thiocarbonyl (C=S) groups is 1. The first-order chi connectivity index (χ1) is 11.1. The average molecular weight is 365 g/mol. The lowest BCUT2D eigenvalue weighted by atomic mass is 10.1. The van der Waals surface area contributed by atoms with Gasteiger partial charge in [0.05, 0.1) is 5.71 Å². The monoisotopic (exact) mass is 364 g/mol. The Morgan fingerprint density at radius 1 is 1.26 bits per heavy atom. The Balaban J connectivity index is 1.95. The zero-order valence-electron chi connectivity index (χ0n) is 12.9. The van der Waals surface area contributed by atoms with Crippen molar-refractivity contribution in [2.24, 2.45) is 5.10 Å². The van der Waals surface area contributed by atoms with Gasteiger partial charge >= 0.3 is 0 Å². The van der Waals surface area contributed by atoms with Crippen LogP contribution in [0.5, 0.6) is 5.75 Å². The predicted molar refractivity (Wildman–Crippen MR) is 104 cm³/mol. The molecule has 120 valence electrons. The zero-order valence-corrected chi connectivity index (χ0v) is 15.3. The third kappa shape index (κ3) is 5.86. The maximum atomic E-state index is 5.96. The molecular formula is C17H17ClN2OS2. The molecule has 0 heterocycles. The summed E-state index contributed by atoms with van der Waals surface area (Å²) in [5.74, 6) is 0.800. The van der Waals surface area contributed by atoms with Gasteiger partial charge in [0.15, 0.2) is 4.32 Å². The molecule has 6 heteroatoms. The largest absolute Gasteiger partial charge is 0.489 e. The Morgan fingerprint density at radius 2 is 2.00 bits per heavy atom. The van der Waals surface area contributed by atoms with E-state index in [9.17, 15) is 0 Å². The van der Waals surface area contributed by atoms with Crippen molar-refractivity contribution in [3.63, 3.8) is 0 Å². The van der Waals surface area contributed by atoms with Crippen LogP contribution in [0.2, 0.25) is 5.02 Å². The van der Waals surface area contributed by atoms with Crippen LogP contribution in [0.4, 0.5) is 0 Å². The fourth-order valence-electron chi connectivity index (χ4n) is 1.83. The molecule has 3 nitrogen and oxygen atoms in total. The van der Waals surface area contributed by atoms with Crippen LogP contribution in [-0.4, -0.2) is 16.3 Å². The van der Waals surface area contributed by atoms with Crippen LogP contribution in [0.1, 0.15) is 18.1 Å². The fraction of sp³-hybridized carbons (Fsp3) is 0.176. The van der Waals surface area contributed by atoms with Gasteiger partial charge in [-0.25, -0.2) is 0 Å². The number of hydrogen-bond donors (Lipinski definition) is 1. The molecule has 1 N–H and O–H groups in total. The summed E-state index contributed by atoms with van der Waals surface area (Å²) in [7, 11) is 0. The van der Waals surface area contributed by atoms with Crippen molar-refractivity contribution >= 4 is 45.6 Å². The first kappa shape index (κ1) is 17.8. The Labute approximate surface area is 151 Å². The van der Waals surface area contributed by atoms with E-state index in [1.165, 1.54) is 11.8 Å². The van der Waals surface area contributed by atoms with Gasteiger partial charge < -0.3 is 4.74 Å². The molecule has 2 rings (SSSR count). The second kappa shape index (κ2) is 8.91. The summed E-state index contributed by atoms with van der Waals surface area (Å²) >= 11 is 12.5. The first-order valence-electron chi connectivity index (χ1n) is 6.94. The maximum absolute atomic E-state index is 5.96. The highest BCUT2D eigenvalue weighted by Gasteiger charge is 2.01. The Bertz CT molecular complexity index is 702. The van der Waals surface area contributed by atoms with Gasteiger partial charge in [-0.15, -0.1) is 0 Å². The van der Waals surface area contributed by atoms with Gasteiger partial charge in [0.2, 0.25) is 0 Å². The van der Waals surface area contributed by atoms with E-state index in [0.29, 0.717) is 16.0 Å². The van der Waals surface area contributed by atoms with Crippen molar-refractivity contribution in [1.82, 2.24) is 5.43 Å². The summed E-state index contributed by atoms with van der Waals surface area (Å²) in [6.07, 6.45) is 1.91. The minimum Gasteiger partial charge on any atom is -0.489 e. The third-order valence-electron chi connectivity index (χ3n) is 3.07. The highest BCUT2D eigenvalue weighted by Crippen LogP contribution is 2.16. The number of nitrogens with zero attached hydrogens (tertiary/aromatic N) is 1. The molecule has 0 unspecified atom stereocenters. The molecule has 2 aromatic carbocycles. The molecule has 0 aromatic heterocycles. The number of hydrogen-bond acceptors (Lipinski definition) is 4. The van der Waals surface area contributed by atoms with Crippen LogP contribution in [-0.2, 0) is 6.61 Å². The van der Waals surface area contributed by atoms with Gasteiger partial charge in [-0.2, -0.15) is 5.10 Å². The van der Waals surface area contributed by atoms with Crippen molar-refractivity contribution in [3.8, 4) is 5.75 Å². The molecule has 0 aliphatic heterocycles. The molecule has 0 aliphatic rings. The number of ether oxygens (including phenoxy) is 1. The number of thioether (sulfide) groups is 1. The zero-order chi connectivity index (χ0) is 16.7. The van der Waals surface area contributed by atoms with Crippen LogP contribution in [0, 0.1) is 0 Å². The average Bonchev–Trinajstić information content (AvgIpc) is 2.58. The van der Waals surface area contributed by atoms with Crippen LogP contribution < -0.4 is 10.2 Å². The molecular weight excluding hydrogens is 348 g/mol. The minimum absolute atomic E-state index is 0.483. The van der Waals surface area contributed by atoms with Crippen LogP contribution in [0.25, 0.3) is 0 Å². The number of nitrogens with one attached hydrogen (secondary N) is 1. The van der Waals surface area contributed by atoms with Gasteiger partial charge in [-0.1, -0.05) is 47.7 Å². The van der Waals surface area contributed by atoms with Gasteiger partial charge in [0.25, 0.3) is 0 Å². The second-order valence-electron chi connectivity index (χ2n) is 4.74. The molecule has 0 atom stereocenters. The summed E-state index contributed by atoms with van der Waals surface area (Å²) in [6.45, 7) is 2.41. The van der Waals surface area contributed by atoms with Crippen molar-refractivity contribution < 1.29 is 4.74 Å². The van der Waals surface area contributed by atoms with E-state index in [2.05, 4.69) is 10.5 Å². The smallest absolute Gasteiger partial charge is 0.153 e. The maximum Gasteiger partial charge on any atom is 0.153 e. The van der Waals surface area contributed by atoms with E-state index in [1.807, 2.05) is 61.7 Å². The molecule has 0 amide bonds. The van der Waals surface area contributed by atoms with E-state index >= 15 is 0 Å². The first-order valence-corrected chi connectivity index (χ1v) is 8.95. The summed E-state index contributed by atoms with van der Waals surface area (Å²) < 4.78 is 6.40. The van der Waals surface area contributed by atoms with Crippen molar-refractivity contribution in [3.05, 3.63) is 64.7 Å². The minimum atomic E-state index is 0.483. The summed E-state index contributed by atoms with van der Waals surface area (Å²) in [6, 6.07) is 15.4. The lowest BCUT2D eigenvalue weighted by Gasteiger charge is -2.08. The predicted octanol–water partition coefficient (Wildman–Crippen LogP) is 4.88.